The highest BCUT2D eigenvalue weighted by atomic mass is 16.1. The van der Waals surface area contributed by atoms with E-state index in [2.05, 4.69) is 15.6 Å². The number of hydrogen-bond donors (Lipinski definition) is 2. The molecule has 0 bridgehead atoms. The molecule has 2 aromatic rings. The Bertz CT molecular complexity index is 598. The highest BCUT2D eigenvalue weighted by molar-refractivity contribution is 5.86. The zero-order chi connectivity index (χ0) is 13.8. The van der Waals surface area contributed by atoms with E-state index in [1.807, 2.05) is 36.4 Å². The first kappa shape index (κ1) is 12.7. The highest BCUT2D eigenvalue weighted by Crippen LogP contribution is 2.31. The monoisotopic (exact) mass is 267 g/mol. The van der Waals surface area contributed by atoms with Gasteiger partial charge in [0.1, 0.15) is 0 Å². The molecule has 1 aromatic carbocycles. The summed E-state index contributed by atoms with van der Waals surface area (Å²) in [6, 6.07) is 11.8. The second-order valence-corrected chi connectivity index (χ2v) is 4.93. The fourth-order valence-corrected chi connectivity index (χ4v) is 2.55. The van der Waals surface area contributed by atoms with Gasteiger partial charge in [-0.25, -0.2) is 0 Å². The van der Waals surface area contributed by atoms with E-state index in [0.717, 1.165) is 29.8 Å². The predicted molar refractivity (Wildman–Crippen MR) is 78.4 cm³/mol. The highest BCUT2D eigenvalue weighted by Gasteiger charge is 2.25. The normalized spacial score (nSPS) is 16.9. The number of pyridine rings is 1. The lowest BCUT2D eigenvalue weighted by Gasteiger charge is -2.25. The minimum Gasteiger partial charge on any atom is -0.385 e. The third-order valence-electron chi connectivity index (χ3n) is 3.62. The van der Waals surface area contributed by atoms with Gasteiger partial charge < -0.3 is 10.6 Å². The summed E-state index contributed by atoms with van der Waals surface area (Å²) in [5.74, 6) is 0.0325. The van der Waals surface area contributed by atoms with Crippen molar-refractivity contribution in [2.24, 2.45) is 0 Å². The molecule has 0 fully saturated rings. The van der Waals surface area contributed by atoms with E-state index in [9.17, 15) is 4.79 Å². The SMILES string of the molecule is O=C(NCc1ccncc1)C1CCNc2ccccc21. The Balaban J connectivity index is 1.69. The van der Waals surface area contributed by atoms with Crippen LogP contribution in [-0.2, 0) is 11.3 Å². The fourth-order valence-electron chi connectivity index (χ4n) is 2.55. The number of anilines is 1. The van der Waals surface area contributed by atoms with Crippen molar-refractivity contribution in [1.29, 1.82) is 0 Å². The maximum absolute atomic E-state index is 12.4. The molecule has 1 atom stereocenters. The molecule has 4 heteroatoms. The number of hydrogen-bond acceptors (Lipinski definition) is 3. The van der Waals surface area contributed by atoms with Crippen LogP contribution >= 0.6 is 0 Å². The summed E-state index contributed by atoms with van der Waals surface area (Å²) in [5.41, 5.74) is 3.23. The summed E-state index contributed by atoms with van der Waals surface area (Å²) < 4.78 is 0. The smallest absolute Gasteiger partial charge is 0.227 e. The van der Waals surface area contributed by atoms with Gasteiger partial charge in [-0.05, 0) is 35.7 Å². The summed E-state index contributed by atoms with van der Waals surface area (Å²) in [7, 11) is 0. The summed E-state index contributed by atoms with van der Waals surface area (Å²) in [6.07, 6.45) is 4.31. The Hall–Kier alpha value is -2.36. The lowest BCUT2D eigenvalue weighted by Crippen LogP contribution is -2.32. The quantitative estimate of drug-likeness (QED) is 0.897. The molecule has 1 amide bonds. The van der Waals surface area contributed by atoms with Crippen LogP contribution in [0.1, 0.15) is 23.5 Å². The van der Waals surface area contributed by atoms with Gasteiger partial charge >= 0.3 is 0 Å². The molecule has 1 aromatic heterocycles. The fraction of sp³-hybridized carbons (Fsp3) is 0.250. The second-order valence-electron chi connectivity index (χ2n) is 4.93. The third-order valence-corrected chi connectivity index (χ3v) is 3.62. The molecule has 4 nitrogen and oxygen atoms in total. The number of amides is 1. The standard InChI is InChI=1S/C16H17N3O/c20-16(19-11-12-5-8-17-9-6-12)14-7-10-18-15-4-2-1-3-13(14)15/h1-6,8-9,14,18H,7,10-11H2,(H,19,20). The van der Waals surface area contributed by atoms with Crippen LogP contribution in [0.3, 0.4) is 0 Å². The topological polar surface area (TPSA) is 54.0 Å². The number of benzene rings is 1. The molecule has 2 N–H and O–H groups in total. The van der Waals surface area contributed by atoms with Gasteiger partial charge in [0, 0.05) is 31.2 Å². The first-order valence-electron chi connectivity index (χ1n) is 6.84. The van der Waals surface area contributed by atoms with Gasteiger partial charge in [0.05, 0.1) is 5.92 Å². The van der Waals surface area contributed by atoms with Crippen LogP contribution in [0.2, 0.25) is 0 Å². The van der Waals surface area contributed by atoms with Crippen molar-refractivity contribution in [2.45, 2.75) is 18.9 Å². The molecular weight excluding hydrogens is 250 g/mol. The van der Waals surface area contributed by atoms with Gasteiger partial charge in [-0.15, -0.1) is 0 Å². The molecule has 1 aliphatic rings. The van der Waals surface area contributed by atoms with E-state index < -0.39 is 0 Å². The van der Waals surface area contributed by atoms with Gasteiger partial charge in [0.25, 0.3) is 0 Å². The zero-order valence-corrected chi connectivity index (χ0v) is 11.2. The van der Waals surface area contributed by atoms with Crippen molar-refractivity contribution in [3.8, 4) is 0 Å². The number of carbonyl (C=O) groups excluding carboxylic acids is 1. The molecule has 1 unspecified atom stereocenters. The Kier molecular flexibility index (Phi) is 3.63. The lowest BCUT2D eigenvalue weighted by atomic mass is 9.90. The van der Waals surface area contributed by atoms with Crippen LogP contribution in [0.25, 0.3) is 0 Å². The maximum Gasteiger partial charge on any atom is 0.227 e. The molecular formula is C16H17N3O. The van der Waals surface area contributed by atoms with Gasteiger partial charge in [0.2, 0.25) is 5.91 Å². The third kappa shape index (κ3) is 2.64. The number of nitrogens with zero attached hydrogens (tertiary/aromatic N) is 1. The molecule has 0 spiro atoms. The van der Waals surface area contributed by atoms with E-state index in [-0.39, 0.29) is 11.8 Å². The van der Waals surface area contributed by atoms with E-state index >= 15 is 0 Å². The van der Waals surface area contributed by atoms with E-state index in [1.54, 1.807) is 12.4 Å². The number of nitrogens with one attached hydrogen (secondary N) is 2. The first-order valence-corrected chi connectivity index (χ1v) is 6.84. The van der Waals surface area contributed by atoms with Crippen molar-refractivity contribution in [3.63, 3.8) is 0 Å². The van der Waals surface area contributed by atoms with Gasteiger partial charge in [-0.2, -0.15) is 0 Å². The van der Waals surface area contributed by atoms with Gasteiger partial charge in [0.15, 0.2) is 0 Å². The van der Waals surface area contributed by atoms with Crippen molar-refractivity contribution < 1.29 is 4.79 Å². The first-order chi connectivity index (χ1) is 9.84. The van der Waals surface area contributed by atoms with Crippen LogP contribution < -0.4 is 10.6 Å². The molecule has 0 aliphatic carbocycles. The molecule has 20 heavy (non-hydrogen) atoms. The summed E-state index contributed by atoms with van der Waals surface area (Å²) in [5, 5.41) is 6.35. The average molecular weight is 267 g/mol. The Morgan fingerprint density at radius 1 is 1.25 bits per heavy atom. The zero-order valence-electron chi connectivity index (χ0n) is 11.2. The minimum absolute atomic E-state index is 0.0608. The molecule has 102 valence electrons. The number of aromatic nitrogens is 1. The summed E-state index contributed by atoms with van der Waals surface area (Å²) in [4.78, 5) is 16.4. The van der Waals surface area contributed by atoms with Crippen LogP contribution in [-0.4, -0.2) is 17.4 Å². The molecule has 3 rings (SSSR count). The lowest BCUT2D eigenvalue weighted by molar-refractivity contribution is -0.122. The van der Waals surface area contributed by atoms with Crippen LogP contribution in [0.5, 0.6) is 0 Å². The number of carbonyl (C=O) groups is 1. The molecule has 2 heterocycles. The summed E-state index contributed by atoms with van der Waals surface area (Å²) in [6.45, 7) is 1.39. The number of fused-ring (bicyclic) bond motifs is 1. The molecule has 0 saturated carbocycles. The number of para-hydroxylation sites is 1. The van der Waals surface area contributed by atoms with Crippen LogP contribution in [0, 0.1) is 0 Å². The predicted octanol–water partition coefficient (Wildman–Crippen LogP) is 2.30. The van der Waals surface area contributed by atoms with Gasteiger partial charge in [-0.3, -0.25) is 9.78 Å². The second kappa shape index (κ2) is 5.74. The largest absolute Gasteiger partial charge is 0.385 e. The molecule has 1 aliphatic heterocycles. The average Bonchev–Trinajstić information content (AvgIpc) is 2.53. The maximum atomic E-state index is 12.4. The molecule has 0 saturated heterocycles. The Morgan fingerprint density at radius 3 is 2.90 bits per heavy atom. The van der Waals surface area contributed by atoms with Gasteiger partial charge in [-0.1, -0.05) is 18.2 Å². The number of rotatable bonds is 3. The Morgan fingerprint density at radius 2 is 2.05 bits per heavy atom. The molecule has 0 radical (unpaired) electrons. The summed E-state index contributed by atoms with van der Waals surface area (Å²) >= 11 is 0. The van der Waals surface area contributed by atoms with Crippen LogP contribution in [0.4, 0.5) is 5.69 Å². The van der Waals surface area contributed by atoms with E-state index in [4.69, 9.17) is 0 Å². The van der Waals surface area contributed by atoms with Crippen molar-refractivity contribution in [2.75, 3.05) is 11.9 Å². The van der Waals surface area contributed by atoms with Crippen molar-refractivity contribution in [3.05, 3.63) is 59.9 Å². The Labute approximate surface area is 118 Å². The minimum atomic E-state index is -0.0608. The van der Waals surface area contributed by atoms with E-state index in [1.165, 1.54) is 0 Å². The van der Waals surface area contributed by atoms with Crippen molar-refractivity contribution in [1.82, 2.24) is 10.3 Å². The van der Waals surface area contributed by atoms with Crippen molar-refractivity contribution >= 4 is 11.6 Å². The van der Waals surface area contributed by atoms with E-state index in [0.29, 0.717) is 6.54 Å². The van der Waals surface area contributed by atoms with Crippen LogP contribution in [0.15, 0.2) is 48.8 Å².